The molecule has 0 saturated carbocycles. The first-order valence-corrected chi connectivity index (χ1v) is 7.98. The van der Waals surface area contributed by atoms with Crippen molar-refractivity contribution in [2.24, 2.45) is 5.10 Å². The first kappa shape index (κ1) is 16.8. The molecule has 6 heteroatoms. The molecule has 0 fully saturated rings. The highest BCUT2D eigenvalue weighted by Crippen LogP contribution is 2.22. The van der Waals surface area contributed by atoms with Gasteiger partial charge < -0.3 is 5.32 Å². The second-order valence-electron chi connectivity index (χ2n) is 6.01. The fraction of sp³-hybridized carbons (Fsp3) is 0.211. The third kappa shape index (κ3) is 3.74. The number of hydrazone groups is 1. The maximum atomic E-state index is 13.6. The SMILES string of the molecule is Cc1cccc(N2N=C(C(=O)Nc3ccc(C)c(F)c3)CCC2=O)c1. The van der Waals surface area contributed by atoms with Crippen molar-refractivity contribution in [3.8, 4) is 0 Å². The van der Waals surface area contributed by atoms with Crippen LogP contribution in [0.2, 0.25) is 0 Å². The van der Waals surface area contributed by atoms with E-state index in [-0.39, 0.29) is 30.3 Å². The van der Waals surface area contributed by atoms with Gasteiger partial charge >= 0.3 is 0 Å². The number of anilines is 2. The van der Waals surface area contributed by atoms with E-state index in [1.807, 2.05) is 25.1 Å². The molecule has 0 saturated heterocycles. The summed E-state index contributed by atoms with van der Waals surface area (Å²) in [5.41, 5.74) is 2.71. The molecule has 0 unspecified atom stereocenters. The quantitative estimate of drug-likeness (QED) is 0.929. The molecule has 1 N–H and O–H groups in total. The van der Waals surface area contributed by atoms with E-state index in [0.29, 0.717) is 16.9 Å². The number of benzene rings is 2. The Balaban J connectivity index is 1.83. The molecule has 0 spiro atoms. The average molecular weight is 339 g/mol. The Kier molecular flexibility index (Phi) is 4.61. The van der Waals surface area contributed by atoms with E-state index in [2.05, 4.69) is 10.4 Å². The van der Waals surface area contributed by atoms with Gasteiger partial charge in [0.15, 0.2) is 0 Å². The number of carbonyl (C=O) groups is 2. The molecule has 128 valence electrons. The zero-order chi connectivity index (χ0) is 18.0. The number of hydrogen-bond donors (Lipinski definition) is 1. The summed E-state index contributed by atoms with van der Waals surface area (Å²) >= 11 is 0. The fourth-order valence-electron chi connectivity index (χ4n) is 2.55. The molecule has 0 aliphatic carbocycles. The molecule has 0 aromatic heterocycles. The van der Waals surface area contributed by atoms with E-state index in [1.54, 1.807) is 25.1 Å². The molecule has 5 nitrogen and oxygen atoms in total. The van der Waals surface area contributed by atoms with Crippen LogP contribution in [0.3, 0.4) is 0 Å². The first-order valence-electron chi connectivity index (χ1n) is 7.98. The summed E-state index contributed by atoms with van der Waals surface area (Å²) in [7, 11) is 0. The van der Waals surface area contributed by atoms with Crippen molar-refractivity contribution in [2.45, 2.75) is 26.7 Å². The molecule has 1 aliphatic rings. The first-order chi connectivity index (χ1) is 11.9. The zero-order valence-corrected chi connectivity index (χ0v) is 14.0. The van der Waals surface area contributed by atoms with Crippen molar-refractivity contribution >= 4 is 28.9 Å². The molecule has 0 bridgehead atoms. The molecule has 2 amide bonds. The maximum Gasteiger partial charge on any atom is 0.271 e. The molecule has 0 radical (unpaired) electrons. The monoisotopic (exact) mass is 339 g/mol. The van der Waals surface area contributed by atoms with Crippen LogP contribution in [0.5, 0.6) is 0 Å². The van der Waals surface area contributed by atoms with Gasteiger partial charge in [0.05, 0.1) is 5.69 Å². The van der Waals surface area contributed by atoms with Crippen LogP contribution in [0.15, 0.2) is 47.6 Å². The molecule has 1 heterocycles. The highest BCUT2D eigenvalue weighted by atomic mass is 19.1. The summed E-state index contributed by atoms with van der Waals surface area (Å²) in [6, 6.07) is 11.8. The number of nitrogens with one attached hydrogen (secondary N) is 1. The number of carbonyl (C=O) groups excluding carboxylic acids is 2. The molecule has 25 heavy (non-hydrogen) atoms. The van der Waals surface area contributed by atoms with Crippen LogP contribution in [0.4, 0.5) is 15.8 Å². The Hall–Kier alpha value is -3.02. The maximum absolute atomic E-state index is 13.6. The van der Waals surface area contributed by atoms with Crippen molar-refractivity contribution < 1.29 is 14.0 Å². The van der Waals surface area contributed by atoms with E-state index in [0.717, 1.165) is 5.56 Å². The van der Waals surface area contributed by atoms with Crippen LogP contribution in [0.25, 0.3) is 0 Å². The van der Waals surface area contributed by atoms with E-state index >= 15 is 0 Å². The normalized spacial score (nSPS) is 14.3. The minimum atomic E-state index is -0.437. The third-order valence-electron chi connectivity index (χ3n) is 3.97. The van der Waals surface area contributed by atoms with Crippen molar-refractivity contribution in [2.75, 3.05) is 10.3 Å². The predicted octanol–water partition coefficient (Wildman–Crippen LogP) is 3.56. The molecular formula is C19H18FN3O2. The lowest BCUT2D eigenvalue weighted by molar-refractivity contribution is -0.118. The van der Waals surface area contributed by atoms with E-state index in [9.17, 15) is 14.0 Å². The lowest BCUT2D eigenvalue weighted by atomic mass is 10.1. The lowest BCUT2D eigenvalue weighted by Crippen LogP contribution is -2.36. The Bertz CT molecular complexity index is 877. The van der Waals surface area contributed by atoms with Gasteiger partial charge in [0, 0.05) is 18.5 Å². The second kappa shape index (κ2) is 6.84. The predicted molar refractivity (Wildman–Crippen MR) is 95.1 cm³/mol. The second-order valence-corrected chi connectivity index (χ2v) is 6.01. The van der Waals surface area contributed by atoms with Gasteiger partial charge in [-0.3, -0.25) is 9.59 Å². The Morgan fingerprint density at radius 2 is 1.96 bits per heavy atom. The van der Waals surface area contributed by atoms with E-state index in [1.165, 1.54) is 11.1 Å². The highest BCUT2D eigenvalue weighted by molar-refractivity contribution is 6.44. The minimum Gasteiger partial charge on any atom is -0.321 e. The minimum absolute atomic E-state index is 0.163. The fourth-order valence-corrected chi connectivity index (χ4v) is 2.55. The topological polar surface area (TPSA) is 61.8 Å². The summed E-state index contributed by atoms with van der Waals surface area (Å²) in [4.78, 5) is 24.6. The lowest BCUT2D eigenvalue weighted by Gasteiger charge is -2.23. The molecule has 2 aromatic rings. The average Bonchev–Trinajstić information content (AvgIpc) is 2.58. The number of rotatable bonds is 3. The van der Waals surface area contributed by atoms with Gasteiger partial charge in [-0.15, -0.1) is 0 Å². The van der Waals surface area contributed by atoms with Crippen LogP contribution < -0.4 is 10.3 Å². The van der Waals surface area contributed by atoms with Gasteiger partial charge in [-0.2, -0.15) is 5.10 Å². The molecular weight excluding hydrogens is 321 g/mol. The van der Waals surface area contributed by atoms with Gasteiger partial charge in [-0.05, 0) is 49.2 Å². The van der Waals surface area contributed by atoms with Crippen molar-refractivity contribution in [1.82, 2.24) is 0 Å². The summed E-state index contributed by atoms with van der Waals surface area (Å²) < 4.78 is 13.6. The molecule has 1 aliphatic heterocycles. The standard InChI is InChI=1S/C19H18FN3O2/c1-12-4-3-5-15(10-12)23-18(24)9-8-17(22-23)19(25)21-14-7-6-13(2)16(20)11-14/h3-7,10-11H,8-9H2,1-2H3,(H,21,25). The summed E-state index contributed by atoms with van der Waals surface area (Å²) in [5.74, 6) is -0.989. The molecule has 2 aromatic carbocycles. The van der Waals surface area contributed by atoms with Gasteiger partial charge in [-0.25, -0.2) is 9.40 Å². The van der Waals surface area contributed by atoms with Crippen LogP contribution >= 0.6 is 0 Å². The van der Waals surface area contributed by atoms with Crippen LogP contribution in [0.1, 0.15) is 24.0 Å². The van der Waals surface area contributed by atoms with Crippen molar-refractivity contribution in [1.29, 1.82) is 0 Å². The number of halogens is 1. The third-order valence-corrected chi connectivity index (χ3v) is 3.97. The van der Waals surface area contributed by atoms with E-state index < -0.39 is 5.91 Å². The molecule has 0 atom stereocenters. The van der Waals surface area contributed by atoms with E-state index in [4.69, 9.17) is 0 Å². The number of nitrogens with zero attached hydrogens (tertiary/aromatic N) is 2. The largest absolute Gasteiger partial charge is 0.321 e. The van der Waals surface area contributed by atoms with Gasteiger partial charge in [0.1, 0.15) is 11.5 Å². The smallest absolute Gasteiger partial charge is 0.271 e. The van der Waals surface area contributed by atoms with Gasteiger partial charge in [-0.1, -0.05) is 18.2 Å². The van der Waals surface area contributed by atoms with Gasteiger partial charge in [0.25, 0.3) is 5.91 Å². The summed E-state index contributed by atoms with van der Waals surface area (Å²) in [5, 5.41) is 8.09. The number of aryl methyl sites for hydroxylation is 2. The van der Waals surface area contributed by atoms with Crippen LogP contribution in [-0.4, -0.2) is 17.5 Å². The highest BCUT2D eigenvalue weighted by Gasteiger charge is 2.25. The van der Waals surface area contributed by atoms with Crippen LogP contribution in [0, 0.1) is 19.7 Å². The Labute approximate surface area is 145 Å². The Morgan fingerprint density at radius 1 is 1.16 bits per heavy atom. The zero-order valence-electron chi connectivity index (χ0n) is 14.0. The van der Waals surface area contributed by atoms with Crippen LogP contribution in [-0.2, 0) is 9.59 Å². The number of amides is 2. The number of hydrogen-bond acceptors (Lipinski definition) is 3. The Morgan fingerprint density at radius 3 is 2.68 bits per heavy atom. The van der Waals surface area contributed by atoms with Crippen molar-refractivity contribution in [3.05, 3.63) is 59.4 Å². The van der Waals surface area contributed by atoms with Crippen molar-refractivity contribution in [3.63, 3.8) is 0 Å². The summed E-state index contributed by atoms with van der Waals surface area (Å²) in [6.45, 7) is 3.57. The van der Waals surface area contributed by atoms with Gasteiger partial charge in [0.2, 0.25) is 5.91 Å². The summed E-state index contributed by atoms with van der Waals surface area (Å²) in [6.07, 6.45) is 0.448. The molecule has 3 rings (SSSR count).